The molecule has 2 aromatic rings. The molecule has 24 heavy (non-hydrogen) atoms. The highest BCUT2D eigenvalue weighted by Gasteiger charge is 2.22. The fourth-order valence-corrected chi connectivity index (χ4v) is 2.86. The highest BCUT2D eigenvalue weighted by atomic mass is 19.1. The van der Waals surface area contributed by atoms with Gasteiger partial charge in [-0.2, -0.15) is 0 Å². The number of hydrogen-bond acceptors (Lipinski definition) is 4. The van der Waals surface area contributed by atoms with E-state index in [9.17, 15) is 14.3 Å². The van der Waals surface area contributed by atoms with Crippen LogP contribution in [0.3, 0.4) is 0 Å². The maximum atomic E-state index is 13.8. The summed E-state index contributed by atoms with van der Waals surface area (Å²) in [6, 6.07) is 9.62. The lowest BCUT2D eigenvalue weighted by molar-refractivity contribution is 0.0868. The highest BCUT2D eigenvalue weighted by Crippen LogP contribution is 2.22. The number of para-hydroxylation sites is 1. The van der Waals surface area contributed by atoms with Gasteiger partial charge in [-0.1, -0.05) is 12.1 Å². The molecule has 0 saturated heterocycles. The molecule has 0 unspecified atom stereocenters. The summed E-state index contributed by atoms with van der Waals surface area (Å²) in [7, 11) is 0. The average Bonchev–Trinajstić information content (AvgIpc) is 2.59. The molecule has 1 heterocycles. The summed E-state index contributed by atoms with van der Waals surface area (Å²) in [6.07, 6.45) is 4.18. The number of amides is 1. The van der Waals surface area contributed by atoms with Crippen molar-refractivity contribution in [2.75, 3.05) is 5.32 Å². The third-order valence-electron chi connectivity index (χ3n) is 4.21. The predicted molar refractivity (Wildman–Crippen MR) is 89.6 cm³/mol. The Labute approximate surface area is 139 Å². The summed E-state index contributed by atoms with van der Waals surface area (Å²) in [6.45, 7) is 0. The van der Waals surface area contributed by atoms with E-state index in [1.165, 1.54) is 6.07 Å². The summed E-state index contributed by atoms with van der Waals surface area (Å²) in [5, 5.41) is 15.4. The molecule has 0 atom stereocenters. The molecule has 5 nitrogen and oxygen atoms in total. The molecule has 126 valence electrons. The molecule has 1 aliphatic carbocycles. The molecule has 1 aliphatic rings. The number of aromatic nitrogens is 1. The predicted octanol–water partition coefficient (Wildman–Crippen LogP) is 3.00. The largest absolute Gasteiger partial charge is 0.393 e. The van der Waals surface area contributed by atoms with E-state index in [0.717, 1.165) is 12.8 Å². The number of benzene rings is 1. The lowest BCUT2D eigenvalue weighted by Crippen LogP contribution is -2.38. The molecule has 3 rings (SSSR count). The van der Waals surface area contributed by atoms with E-state index in [1.807, 2.05) is 0 Å². The lowest BCUT2D eigenvalue weighted by Gasteiger charge is -2.26. The maximum absolute atomic E-state index is 13.8. The molecule has 1 aromatic carbocycles. The van der Waals surface area contributed by atoms with Crippen LogP contribution in [0.25, 0.3) is 0 Å². The molecule has 1 aromatic heterocycles. The minimum atomic E-state index is -0.407. The van der Waals surface area contributed by atoms with Crippen molar-refractivity contribution in [3.05, 3.63) is 54.0 Å². The van der Waals surface area contributed by atoms with Gasteiger partial charge in [0.2, 0.25) is 0 Å². The van der Waals surface area contributed by atoms with Crippen molar-refractivity contribution in [2.24, 2.45) is 0 Å². The van der Waals surface area contributed by atoms with E-state index in [0.29, 0.717) is 24.2 Å². The van der Waals surface area contributed by atoms with Crippen LogP contribution >= 0.6 is 0 Å². The summed E-state index contributed by atoms with van der Waals surface area (Å²) < 4.78 is 13.8. The summed E-state index contributed by atoms with van der Waals surface area (Å²) in [5.41, 5.74) is 0.637. The Hall–Kier alpha value is -2.47. The first-order valence-electron chi connectivity index (χ1n) is 8.09. The van der Waals surface area contributed by atoms with Crippen LogP contribution in [0.5, 0.6) is 0 Å². The van der Waals surface area contributed by atoms with Crippen LogP contribution in [-0.2, 0) is 0 Å². The van der Waals surface area contributed by atoms with Gasteiger partial charge in [-0.15, -0.1) is 0 Å². The molecule has 0 radical (unpaired) electrons. The molecule has 1 fully saturated rings. The van der Waals surface area contributed by atoms with E-state index in [4.69, 9.17) is 0 Å². The summed E-state index contributed by atoms with van der Waals surface area (Å²) >= 11 is 0. The van der Waals surface area contributed by atoms with Gasteiger partial charge in [-0.05, 0) is 49.9 Å². The van der Waals surface area contributed by atoms with Crippen molar-refractivity contribution in [3.63, 3.8) is 0 Å². The van der Waals surface area contributed by atoms with Crippen molar-refractivity contribution in [1.82, 2.24) is 10.3 Å². The molecule has 3 N–H and O–H groups in total. The Morgan fingerprint density at radius 2 is 1.88 bits per heavy atom. The zero-order valence-electron chi connectivity index (χ0n) is 13.2. The second-order valence-electron chi connectivity index (χ2n) is 5.98. The normalized spacial score (nSPS) is 20.4. The zero-order valence-corrected chi connectivity index (χ0v) is 13.2. The number of nitrogens with one attached hydrogen (secondary N) is 2. The van der Waals surface area contributed by atoms with E-state index in [1.54, 1.807) is 36.5 Å². The van der Waals surface area contributed by atoms with E-state index in [2.05, 4.69) is 15.6 Å². The third kappa shape index (κ3) is 3.89. The van der Waals surface area contributed by atoms with E-state index < -0.39 is 5.82 Å². The van der Waals surface area contributed by atoms with Gasteiger partial charge in [0.25, 0.3) is 5.91 Å². The molecule has 0 spiro atoms. The van der Waals surface area contributed by atoms with Crippen LogP contribution in [0.2, 0.25) is 0 Å². The van der Waals surface area contributed by atoms with Gasteiger partial charge in [0, 0.05) is 12.2 Å². The molecular weight excluding hydrogens is 309 g/mol. The lowest BCUT2D eigenvalue weighted by atomic mass is 9.93. The number of aliphatic hydroxyl groups is 1. The number of anilines is 2. The van der Waals surface area contributed by atoms with Crippen molar-refractivity contribution >= 4 is 17.4 Å². The minimum Gasteiger partial charge on any atom is -0.393 e. The fourth-order valence-electron chi connectivity index (χ4n) is 2.86. The first-order valence-corrected chi connectivity index (χ1v) is 8.09. The number of nitrogens with zero attached hydrogens (tertiary/aromatic N) is 1. The Kier molecular flexibility index (Phi) is 5.05. The first-order chi connectivity index (χ1) is 11.6. The van der Waals surface area contributed by atoms with Crippen LogP contribution in [0.4, 0.5) is 15.9 Å². The van der Waals surface area contributed by atoms with Crippen LogP contribution in [0.1, 0.15) is 36.0 Å². The van der Waals surface area contributed by atoms with Gasteiger partial charge >= 0.3 is 0 Å². The van der Waals surface area contributed by atoms with Crippen molar-refractivity contribution < 1.29 is 14.3 Å². The Morgan fingerprint density at radius 1 is 1.12 bits per heavy atom. The average molecular weight is 329 g/mol. The number of aliphatic hydroxyl groups excluding tert-OH is 1. The van der Waals surface area contributed by atoms with Gasteiger partial charge in [0.05, 0.1) is 17.4 Å². The second-order valence-corrected chi connectivity index (χ2v) is 5.98. The molecular formula is C18H20FN3O2. The number of hydrogen-bond donors (Lipinski definition) is 3. The van der Waals surface area contributed by atoms with Crippen LogP contribution in [-0.4, -0.2) is 28.1 Å². The standard InChI is InChI=1S/C18H20FN3O2/c19-15-5-1-2-6-16(15)22-17-14(4-3-11-20-17)18(24)21-12-7-9-13(23)10-8-12/h1-6,11-13,23H,7-10H2,(H,20,22)(H,21,24). The van der Waals surface area contributed by atoms with Gasteiger partial charge in [0.1, 0.15) is 11.6 Å². The number of rotatable bonds is 4. The summed E-state index contributed by atoms with van der Waals surface area (Å²) in [4.78, 5) is 16.7. The molecule has 0 bridgehead atoms. The van der Waals surface area contributed by atoms with E-state index in [-0.39, 0.29) is 23.7 Å². The van der Waals surface area contributed by atoms with Crippen LogP contribution in [0, 0.1) is 5.82 Å². The fraction of sp³-hybridized carbons (Fsp3) is 0.333. The minimum absolute atomic E-state index is 0.0439. The number of carbonyl (C=O) groups excluding carboxylic acids is 1. The topological polar surface area (TPSA) is 74.2 Å². The maximum Gasteiger partial charge on any atom is 0.255 e. The van der Waals surface area contributed by atoms with Gasteiger partial charge in [0.15, 0.2) is 0 Å². The monoisotopic (exact) mass is 329 g/mol. The van der Waals surface area contributed by atoms with Crippen LogP contribution < -0.4 is 10.6 Å². The molecule has 1 saturated carbocycles. The quantitative estimate of drug-likeness (QED) is 0.806. The first kappa shape index (κ1) is 16.4. The second kappa shape index (κ2) is 7.40. The van der Waals surface area contributed by atoms with Gasteiger partial charge in [-0.25, -0.2) is 9.37 Å². The molecule has 0 aliphatic heterocycles. The highest BCUT2D eigenvalue weighted by molar-refractivity contribution is 5.99. The Morgan fingerprint density at radius 3 is 2.62 bits per heavy atom. The molecule has 6 heteroatoms. The third-order valence-corrected chi connectivity index (χ3v) is 4.21. The number of halogens is 1. The number of pyridine rings is 1. The zero-order chi connectivity index (χ0) is 16.9. The Balaban J connectivity index is 1.74. The molecule has 1 amide bonds. The van der Waals surface area contributed by atoms with Crippen LogP contribution in [0.15, 0.2) is 42.6 Å². The Bertz CT molecular complexity index is 715. The van der Waals surface area contributed by atoms with Gasteiger partial charge < -0.3 is 15.7 Å². The van der Waals surface area contributed by atoms with Crippen molar-refractivity contribution in [3.8, 4) is 0 Å². The van der Waals surface area contributed by atoms with E-state index >= 15 is 0 Å². The van der Waals surface area contributed by atoms with Crippen molar-refractivity contribution in [2.45, 2.75) is 37.8 Å². The number of carbonyl (C=O) groups is 1. The van der Waals surface area contributed by atoms with Gasteiger partial charge in [-0.3, -0.25) is 4.79 Å². The smallest absolute Gasteiger partial charge is 0.255 e. The summed E-state index contributed by atoms with van der Waals surface area (Å²) in [5.74, 6) is -0.338. The SMILES string of the molecule is O=C(NC1CCC(O)CC1)c1cccnc1Nc1ccccc1F. The van der Waals surface area contributed by atoms with Crippen molar-refractivity contribution in [1.29, 1.82) is 0 Å².